The van der Waals surface area contributed by atoms with E-state index in [-0.39, 0.29) is 24.0 Å². The van der Waals surface area contributed by atoms with E-state index in [4.69, 9.17) is 9.47 Å². The predicted octanol–water partition coefficient (Wildman–Crippen LogP) is 5.19. The van der Waals surface area contributed by atoms with Crippen molar-refractivity contribution >= 4 is 23.4 Å². The van der Waals surface area contributed by atoms with Gasteiger partial charge in [-0.1, -0.05) is 48.5 Å². The van der Waals surface area contributed by atoms with Crippen molar-refractivity contribution in [3.05, 3.63) is 106 Å². The van der Waals surface area contributed by atoms with Crippen molar-refractivity contribution < 1.29 is 29.0 Å². The van der Waals surface area contributed by atoms with E-state index in [1.54, 1.807) is 48.5 Å². The van der Waals surface area contributed by atoms with Gasteiger partial charge in [-0.15, -0.1) is 0 Å². The number of carbonyl (C=O) groups is 3. The topological polar surface area (TPSA) is 93.1 Å². The normalized spacial score (nSPS) is 16.8. The van der Waals surface area contributed by atoms with E-state index in [0.29, 0.717) is 16.9 Å². The van der Waals surface area contributed by atoms with Crippen LogP contribution in [0.1, 0.15) is 52.5 Å². The minimum atomic E-state index is -0.795. The van der Waals surface area contributed by atoms with E-state index >= 15 is 0 Å². The lowest BCUT2D eigenvalue weighted by molar-refractivity contribution is -0.140. The number of methoxy groups -OCH3 is 1. The molecule has 1 atom stereocenters. The first-order chi connectivity index (χ1) is 17.7. The van der Waals surface area contributed by atoms with Crippen LogP contribution in [-0.2, 0) is 20.9 Å². The van der Waals surface area contributed by atoms with Crippen LogP contribution in [0.4, 0.5) is 0 Å². The van der Waals surface area contributed by atoms with Crippen LogP contribution in [0, 0.1) is 6.92 Å². The van der Waals surface area contributed by atoms with Gasteiger partial charge in [0.2, 0.25) is 0 Å². The first-order valence-corrected chi connectivity index (χ1v) is 12.0. The number of aliphatic hydroxyl groups is 1. The smallest absolute Gasteiger partial charge is 0.337 e. The molecule has 4 rings (SSSR count). The van der Waals surface area contributed by atoms with Crippen molar-refractivity contribution in [3.63, 3.8) is 0 Å². The highest BCUT2D eigenvalue weighted by molar-refractivity contribution is 6.46. The summed E-state index contributed by atoms with van der Waals surface area (Å²) >= 11 is 0. The van der Waals surface area contributed by atoms with E-state index in [9.17, 15) is 19.5 Å². The van der Waals surface area contributed by atoms with Gasteiger partial charge in [-0.2, -0.15) is 0 Å². The summed E-state index contributed by atoms with van der Waals surface area (Å²) < 4.78 is 10.5. The van der Waals surface area contributed by atoms with Crippen LogP contribution >= 0.6 is 0 Å². The van der Waals surface area contributed by atoms with Crippen molar-refractivity contribution in [2.45, 2.75) is 39.5 Å². The Balaban J connectivity index is 1.80. The number of ketones is 1. The molecular weight excluding hydrogens is 470 g/mol. The third kappa shape index (κ3) is 5.26. The number of amides is 1. The van der Waals surface area contributed by atoms with Crippen molar-refractivity contribution in [2.24, 2.45) is 0 Å². The second-order valence-corrected chi connectivity index (χ2v) is 9.17. The maximum absolute atomic E-state index is 13.4. The van der Waals surface area contributed by atoms with Gasteiger partial charge in [-0.3, -0.25) is 9.59 Å². The fourth-order valence-corrected chi connectivity index (χ4v) is 4.47. The third-order valence-electron chi connectivity index (χ3n) is 6.23. The molecule has 1 aliphatic rings. The molecule has 37 heavy (non-hydrogen) atoms. The summed E-state index contributed by atoms with van der Waals surface area (Å²) in [6, 6.07) is 20.2. The van der Waals surface area contributed by atoms with E-state index < -0.39 is 23.7 Å². The lowest BCUT2D eigenvalue weighted by Gasteiger charge is -2.26. The maximum atomic E-state index is 13.4. The van der Waals surface area contributed by atoms with Crippen molar-refractivity contribution in [1.29, 1.82) is 0 Å². The molecule has 0 aliphatic carbocycles. The van der Waals surface area contributed by atoms with E-state index in [1.165, 1.54) is 12.0 Å². The Labute approximate surface area is 215 Å². The molecule has 1 aliphatic heterocycles. The van der Waals surface area contributed by atoms with Crippen molar-refractivity contribution in [1.82, 2.24) is 4.90 Å². The monoisotopic (exact) mass is 499 g/mol. The molecule has 0 spiro atoms. The molecule has 1 N–H and O–H groups in total. The largest absolute Gasteiger partial charge is 0.507 e. The lowest BCUT2D eigenvalue weighted by Crippen LogP contribution is -2.29. The molecule has 1 fully saturated rings. The zero-order valence-electron chi connectivity index (χ0n) is 21.2. The summed E-state index contributed by atoms with van der Waals surface area (Å²) in [5, 5.41) is 11.4. The molecule has 1 heterocycles. The number of aryl methyl sites for hydroxylation is 1. The van der Waals surface area contributed by atoms with Crippen molar-refractivity contribution in [3.8, 4) is 5.75 Å². The summed E-state index contributed by atoms with van der Waals surface area (Å²) in [7, 11) is 1.31. The highest BCUT2D eigenvalue weighted by Gasteiger charge is 2.46. The SMILES string of the molecule is COC(=O)c1ccc(CN2C(=O)C(=O)/C(=C(/O)c3cccc(OC(C)C)c3)C2c2ccccc2C)cc1. The number of benzene rings is 3. The quantitative estimate of drug-likeness (QED) is 0.208. The van der Waals surface area contributed by atoms with Crippen LogP contribution in [-0.4, -0.2) is 40.9 Å². The van der Waals surface area contributed by atoms with Crippen LogP contribution in [0.5, 0.6) is 5.75 Å². The number of aliphatic hydroxyl groups excluding tert-OH is 1. The lowest BCUT2D eigenvalue weighted by atomic mass is 9.92. The van der Waals surface area contributed by atoms with Gasteiger partial charge in [-0.05, 0) is 61.7 Å². The standard InChI is InChI=1S/C30H29NO6/c1-18(2)37-23-10-7-9-22(16-23)27(32)25-26(24-11-6-5-8-19(24)3)31(29(34)28(25)33)17-20-12-14-21(15-13-20)30(35)36-4/h5-16,18,26,32H,17H2,1-4H3/b27-25+. The molecule has 190 valence electrons. The molecule has 1 unspecified atom stereocenters. The molecular formula is C30H29NO6. The molecule has 3 aromatic carbocycles. The van der Waals surface area contributed by atoms with Gasteiger partial charge in [0, 0.05) is 12.1 Å². The van der Waals surface area contributed by atoms with Crippen LogP contribution in [0.2, 0.25) is 0 Å². The summed E-state index contributed by atoms with van der Waals surface area (Å²) in [6.45, 7) is 5.80. The average Bonchev–Trinajstić information content (AvgIpc) is 3.13. The Bertz CT molecular complexity index is 1370. The number of rotatable bonds is 7. The number of esters is 1. The Kier molecular flexibility index (Phi) is 7.43. The van der Waals surface area contributed by atoms with Crippen LogP contribution in [0.25, 0.3) is 5.76 Å². The first-order valence-electron chi connectivity index (χ1n) is 12.0. The van der Waals surface area contributed by atoms with Crippen LogP contribution < -0.4 is 4.74 Å². The van der Waals surface area contributed by atoms with Gasteiger partial charge in [0.05, 0.1) is 30.4 Å². The minimum Gasteiger partial charge on any atom is -0.507 e. The summed E-state index contributed by atoms with van der Waals surface area (Å²) in [4.78, 5) is 39.9. The summed E-state index contributed by atoms with van der Waals surface area (Å²) in [5.74, 6) is -1.64. The van der Waals surface area contributed by atoms with E-state index in [2.05, 4.69) is 0 Å². The molecule has 0 radical (unpaired) electrons. The summed E-state index contributed by atoms with van der Waals surface area (Å²) in [5.41, 5.74) is 3.13. The van der Waals surface area contributed by atoms with Crippen LogP contribution in [0.15, 0.2) is 78.4 Å². The highest BCUT2D eigenvalue weighted by atomic mass is 16.5. The number of carbonyl (C=O) groups excluding carboxylic acids is 3. The third-order valence-corrected chi connectivity index (χ3v) is 6.23. The molecule has 1 saturated heterocycles. The first kappa shape index (κ1) is 25.7. The van der Waals surface area contributed by atoms with Gasteiger partial charge >= 0.3 is 5.97 Å². The molecule has 3 aromatic rings. The Morgan fingerprint density at radius 1 is 0.973 bits per heavy atom. The number of likely N-dealkylation sites (tertiary alicyclic amines) is 1. The Hall–Kier alpha value is -4.39. The predicted molar refractivity (Wildman–Crippen MR) is 139 cm³/mol. The second kappa shape index (κ2) is 10.7. The molecule has 0 bridgehead atoms. The van der Waals surface area contributed by atoms with Gasteiger partial charge in [0.1, 0.15) is 11.5 Å². The molecule has 7 heteroatoms. The van der Waals surface area contributed by atoms with Crippen molar-refractivity contribution in [2.75, 3.05) is 7.11 Å². The Morgan fingerprint density at radius 2 is 1.68 bits per heavy atom. The number of ether oxygens (including phenoxy) is 2. The number of hydrogen-bond acceptors (Lipinski definition) is 6. The number of Topliss-reactive ketones (excluding diaryl/α,β-unsaturated/α-hetero) is 1. The average molecular weight is 500 g/mol. The number of hydrogen-bond donors (Lipinski definition) is 1. The molecule has 1 amide bonds. The molecule has 0 saturated carbocycles. The van der Waals surface area contributed by atoms with E-state index in [1.807, 2.05) is 45.0 Å². The molecule has 0 aromatic heterocycles. The van der Waals surface area contributed by atoms with Gasteiger partial charge < -0.3 is 19.5 Å². The van der Waals surface area contributed by atoms with Crippen LogP contribution in [0.3, 0.4) is 0 Å². The zero-order valence-corrected chi connectivity index (χ0v) is 21.2. The van der Waals surface area contributed by atoms with Gasteiger partial charge in [-0.25, -0.2) is 4.79 Å². The minimum absolute atomic E-state index is 0.0205. The Morgan fingerprint density at radius 3 is 2.32 bits per heavy atom. The second-order valence-electron chi connectivity index (χ2n) is 9.17. The maximum Gasteiger partial charge on any atom is 0.337 e. The fourth-order valence-electron chi connectivity index (χ4n) is 4.47. The number of nitrogens with zero attached hydrogens (tertiary/aromatic N) is 1. The molecule has 7 nitrogen and oxygen atoms in total. The highest BCUT2D eigenvalue weighted by Crippen LogP contribution is 2.41. The van der Waals surface area contributed by atoms with E-state index in [0.717, 1.165) is 16.7 Å². The summed E-state index contributed by atoms with van der Waals surface area (Å²) in [6.07, 6.45) is -0.0690. The zero-order chi connectivity index (χ0) is 26.7. The van der Waals surface area contributed by atoms with Gasteiger partial charge in [0.15, 0.2) is 0 Å². The van der Waals surface area contributed by atoms with Gasteiger partial charge in [0.25, 0.3) is 11.7 Å². The fraction of sp³-hybridized carbons (Fsp3) is 0.233.